The molecule has 1 aromatic carbocycles. The molecule has 0 heterocycles. The predicted molar refractivity (Wildman–Crippen MR) is 82.7 cm³/mol. The SMILES string of the molecule is CC(C(=O)NCC1CCCCC1)S(=O)(=O)c1ccccc1. The highest BCUT2D eigenvalue weighted by molar-refractivity contribution is 7.92. The molecule has 5 heteroatoms. The van der Waals surface area contributed by atoms with Gasteiger partial charge in [0.25, 0.3) is 0 Å². The van der Waals surface area contributed by atoms with Crippen LogP contribution in [0.3, 0.4) is 0 Å². The quantitative estimate of drug-likeness (QED) is 0.909. The van der Waals surface area contributed by atoms with Gasteiger partial charge in [0.1, 0.15) is 5.25 Å². The normalized spacial score (nSPS) is 18.1. The van der Waals surface area contributed by atoms with Crippen LogP contribution in [0.1, 0.15) is 39.0 Å². The summed E-state index contributed by atoms with van der Waals surface area (Å²) in [5.41, 5.74) is 0. The van der Waals surface area contributed by atoms with Gasteiger partial charge >= 0.3 is 0 Å². The van der Waals surface area contributed by atoms with Gasteiger partial charge in [-0.3, -0.25) is 4.79 Å². The van der Waals surface area contributed by atoms with Crippen molar-refractivity contribution in [2.75, 3.05) is 6.54 Å². The number of rotatable bonds is 5. The monoisotopic (exact) mass is 309 g/mol. The maximum atomic E-state index is 12.4. The second-order valence-corrected chi connectivity index (χ2v) is 8.02. The first-order chi connectivity index (χ1) is 10.0. The third kappa shape index (κ3) is 4.06. The Hall–Kier alpha value is -1.36. The van der Waals surface area contributed by atoms with Crippen LogP contribution in [0.5, 0.6) is 0 Å². The fraction of sp³-hybridized carbons (Fsp3) is 0.562. The zero-order chi connectivity index (χ0) is 15.3. The molecule has 1 fully saturated rings. The zero-order valence-corrected chi connectivity index (χ0v) is 13.2. The second-order valence-electron chi connectivity index (χ2n) is 5.75. The van der Waals surface area contributed by atoms with Gasteiger partial charge in [0, 0.05) is 6.54 Å². The lowest BCUT2D eigenvalue weighted by Gasteiger charge is -2.22. The molecule has 116 valence electrons. The van der Waals surface area contributed by atoms with Crippen molar-refractivity contribution in [1.29, 1.82) is 0 Å². The third-order valence-electron chi connectivity index (χ3n) is 4.20. The van der Waals surface area contributed by atoms with Crippen molar-refractivity contribution in [3.8, 4) is 0 Å². The number of amides is 1. The van der Waals surface area contributed by atoms with E-state index < -0.39 is 21.0 Å². The summed E-state index contributed by atoms with van der Waals surface area (Å²) < 4.78 is 24.7. The van der Waals surface area contributed by atoms with Crippen LogP contribution in [0, 0.1) is 5.92 Å². The Kier molecular flexibility index (Phi) is 5.39. The van der Waals surface area contributed by atoms with Crippen molar-refractivity contribution < 1.29 is 13.2 Å². The molecule has 1 unspecified atom stereocenters. The molecule has 2 rings (SSSR count). The molecule has 1 atom stereocenters. The van der Waals surface area contributed by atoms with Crippen molar-refractivity contribution >= 4 is 15.7 Å². The minimum absolute atomic E-state index is 0.199. The number of hydrogen-bond donors (Lipinski definition) is 1. The highest BCUT2D eigenvalue weighted by atomic mass is 32.2. The van der Waals surface area contributed by atoms with E-state index in [1.165, 1.54) is 38.3 Å². The van der Waals surface area contributed by atoms with E-state index in [0.717, 1.165) is 12.8 Å². The molecule has 0 bridgehead atoms. The lowest BCUT2D eigenvalue weighted by molar-refractivity contribution is -0.120. The van der Waals surface area contributed by atoms with Gasteiger partial charge in [-0.05, 0) is 37.8 Å². The summed E-state index contributed by atoms with van der Waals surface area (Å²) in [6.07, 6.45) is 5.93. The van der Waals surface area contributed by atoms with Crippen LogP contribution in [-0.4, -0.2) is 26.1 Å². The first-order valence-corrected chi connectivity index (χ1v) is 9.13. The Bertz CT molecular complexity index is 562. The van der Waals surface area contributed by atoms with Crippen molar-refractivity contribution in [1.82, 2.24) is 5.32 Å². The Morgan fingerprint density at radius 2 is 1.81 bits per heavy atom. The molecule has 1 amide bonds. The summed E-state index contributed by atoms with van der Waals surface area (Å²) in [4.78, 5) is 12.3. The smallest absolute Gasteiger partial charge is 0.238 e. The molecular formula is C16H23NO3S. The molecule has 0 radical (unpaired) electrons. The molecular weight excluding hydrogens is 286 g/mol. The lowest BCUT2D eigenvalue weighted by Crippen LogP contribution is -2.40. The minimum atomic E-state index is -3.60. The fourth-order valence-electron chi connectivity index (χ4n) is 2.74. The number of carbonyl (C=O) groups excluding carboxylic acids is 1. The minimum Gasteiger partial charge on any atom is -0.355 e. The standard InChI is InChI=1S/C16H23NO3S/c1-13(21(19,20)15-10-6-3-7-11-15)16(18)17-12-14-8-4-2-5-9-14/h3,6-7,10-11,13-14H,2,4-5,8-9,12H2,1H3,(H,17,18). The molecule has 0 spiro atoms. The van der Waals surface area contributed by atoms with Crippen LogP contribution in [0.4, 0.5) is 0 Å². The Morgan fingerprint density at radius 3 is 2.43 bits per heavy atom. The first-order valence-electron chi connectivity index (χ1n) is 7.58. The Labute approximate surface area is 126 Å². The average molecular weight is 309 g/mol. The van der Waals surface area contributed by atoms with E-state index in [1.54, 1.807) is 18.2 Å². The van der Waals surface area contributed by atoms with Gasteiger partial charge in [0.05, 0.1) is 4.90 Å². The summed E-state index contributed by atoms with van der Waals surface area (Å²) in [5, 5.41) is 1.76. The lowest BCUT2D eigenvalue weighted by atomic mass is 9.89. The van der Waals surface area contributed by atoms with E-state index in [-0.39, 0.29) is 4.90 Å². The first kappa shape index (κ1) is 16.0. The summed E-state index contributed by atoms with van der Waals surface area (Å²) >= 11 is 0. The molecule has 1 N–H and O–H groups in total. The van der Waals surface area contributed by atoms with Crippen molar-refractivity contribution in [2.24, 2.45) is 5.92 Å². The van der Waals surface area contributed by atoms with Gasteiger partial charge in [-0.25, -0.2) is 8.42 Å². The summed E-state index contributed by atoms with van der Waals surface area (Å²) in [7, 11) is -3.60. The van der Waals surface area contributed by atoms with Gasteiger partial charge in [0.2, 0.25) is 5.91 Å². The molecule has 4 nitrogen and oxygen atoms in total. The number of carbonyl (C=O) groups is 1. The van der Waals surface area contributed by atoms with Crippen LogP contribution in [0.25, 0.3) is 0 Å². The van der Waals surface area contributed by atoms with Gasteiger partial charge in [0.15, 0.2) is 9.84 Å². The van der Waals surface area contributed by atoms with Gasteiger partial charge < -0.3 is 5.32 Å². The summed E-state index contributed by atoms with van der Waals surface area (Å²) in [5.74, 6) is 0.0961. The number of hydrogen-bond acceptors (Lipinski definition) is 3. The highest BCUT2D eigenvalue weighted by Gasteiger charge is 2.29. The molecule has 1 aliphatic carbocycles. The largest absolute Gasteiger partial charge is 0.355 e. The van der Waals surface area contributed by atoms with Crippen LogP contribution >= 0.6 is 0 Å². The molecule has 1 saturated carbocycles. The van der Waals surface area contributed by atoms with Crippen LogP contribution in [0.2, 0.25) is 0 Å². The van der Waals surface area contributed by atoms with E-state index in [1.807, 2.05) is 0 Å². The predicted octanol–water partition coefficient (Wildman–Crippen LogP) is 2.55. The van der Waals surface area contributed by atoms with Crippen LogP contribution in [0.15, 0.2) is 35.2 Å². The van der Waals surface area contributed by atoms with E-state index in [0.29, 0.717) is 12.5 Å². The van der Waals surface area contributed by atoms with Gasteiger partial charge in [-0.1, -0.05) is 37.5 Å². The van der Waals surface area contributed by atoms with Crippen LogP contribution < -0.4 is 5.32 Å². The molecule has 1 aromatic rings. The molecule has 0 aliphatic heterocycles. The number of nitrogens with one attached hydrogen (secondary N) is 1. The average Bonchev–Trinajstić information content (AvgIpc) is 2.53. The summed E-state index contributed by atoms with van der Waals surface area (Å²) in [6.45, 7) is 2.05. The molecule has 0 aromatic heterocycles. The molecule has 1 aliphatic rings. The van der Waals surface area contributed by atoms with Crippen molar-refractivity contribution in [3.63, 3.8) is 0 Å². The van der Waals surface area contributed by atoms with Gasteiger partial charge in [-0.15, -0.1) is 0 Å². The van der Waals surface area contributed by atoms with Crippen molar-refractivity contribution in [2.45, 2.75) is 49.2 Å². The van der Waals surface area contributed by atoms with E-state index in [9.17, 15) is 13.2 Å². The fourth-order valence-corrected chi connectivity index (χ4v) is 4.05. The number of sulfone groups is 1. The maximum absolute atomic E-state index is 12.4. The second kappa shape index (κ2) is 7.07. The molecule has 0 saturated heterocycles. The zero-order valence-electron chi connectivity index (χ0n) is 12.4. The van der Waals surface area contributed by atoms with E-state index in [4.69, 9.17) is 0 Å². The topological polar surface area (TPSA) is 63.2 Å². The highest BCUT2D eigenvalue weighted by Crippen LogP contribution is 2.23. The Morgan fingerprint density at radius 1 is 1.19 bits per heavy atom. The Balaban J connectivity index is 1.95. The van der Waals surface area contributed by atoms with E-state index >= 15 is 0 Å². The van der Waals surface area contributed by atoms with Gasteiger partial charge in [-0.2, -0.15) is 0 Å². The van der Waals surface area contributed by atoms with E-state index in [2.05, 4.69) is 5.32 Å². The maximum Gasteiger partial charge on any atom is 0.238 e. The third-order valence-corrected chi connectivity index (χ3v) is 6.27. The number of benzene rings is 1. The van der Waals surface area contributed by atoms with Crippen LogP contribution in [-0.2, 0) is 14.6 Å². The summed E-state index contributed by atoms with van der Waals surface area (Å²) in [6, 6.07) is 8.15. The van der Waals surface area contributed by atoms with Crippen molar-refractivity contribution in [3.05, 3.63) is 30.3 Å². The molecule has 21 heavy (non-hydrogen) atoms.